The van der Waals surface area contributed by atoms with Gasteiger partial charge in [0.2, 0.25) is 5.91 Å². The number of anilines is 4. The molecule has 0 aliphatic heterocycles. The molecule has 0 unspecified atom stereocenters. The Hall–Kier alpha value is -3.64. The Labute approximate surface area is 163 Å². The van der Waals surface area contributed by atoms with Gasteiger partial charge < -0.3 is 20.7 Å². The Morgan fingerprint density at radius 3 is 2.18 bits per heavy atom. The van der Waals surface area contributed by atoms with Gasteiger partial charge in [0, 0.05) is 24.2 Å². The number of methoxy groups -OCH3 is 1. The summed E-state index contributed by atoms with van der Waals surface area (Å²) in [5.74, 6) is -0.511. The maximum absolute atomic E-state index is 12.8. The third kappa shape index (κ3) is 5.18. The third-order valence-electron chi connectivity index (χ3n) is 3.90. The lowest BCUT2D eigenvalue weighted by Gasteiger charge is -2.13. The van der Waals surface area contributed by atoms with Crippen LogP contribution in [0.5, 0.6) is 0 Å². The molecular formula is C22H21N3O3. The van der Waals surface area contributed by atoms with E-state index in [1.165, 1.54) is 7.11 Å². The molecule has 0 aliphatic carbocycles. The van der Waals surface area contributed by atoms with E-state index < -0.39 is 0 Å². The van der Waals surface area contributed by atoms with Crippen LogP contribution in [0, 0.1) is 0 Å². The van der Waals surface area contributed by atoms with Gasteiger partial charge in [-0.25, -0.2) is 0 Å². The zero-order valence-corrected chi connectivity index (χ0v) is 15.4. The van der Waals surface area contributed by atoms with Crippen LogP contribution in [-0.4, -0.2) is 25.5 Å². The molecular weight excluding hydrogens is 354 g/mol. The van der Waals surface area contributed by atoms with Crippen molar-refractivity contribution >= 4 is 34.6 Å². The molecule has 142 valence electrons. The monoisotopic (exact) mass is 375 g/mol. The number of amides is 2. The average Bonchev–Trinajstić information content (AvgIpc) is 2.69. The average molecular weight is 375 g/mol. The highest BCUT2D eigenvalue weighted by Crippen LogP contribution is 2.22. The first-order chi connectivity index (χ1) is 13.7. The topological polar surface area (TPSA) is 79.5 Å². The molecule has 2 amide bonds. The van der Waals surface area contributed by atoms with Crippen LogP contribution in [0.3, 0.4) is 0 Å². The number of rotatable bonds is 7. The first-order valence-electron chi connectivity index (χ1n) is 8.77. The molecule has 0 fully saturated rings. The maximum Gasteiger partial charge on any atom is 0.257 e. The van der Waals surface area contributed by atoms with Crippen LogP contribution in [0.25, 0.3) is 0 Å². The second kappa shape index (κ2) is 9.34. The Balaban J connectivity index is 1.74. The van der Waals surface area contributed by atoms with Crippen LogP contribution in [-0.2, 0) is 9.53 Å². The minimum Gasteiger partial charge on any atom is -0.375 e. The Kier molecular flexibility index (Phi) is 6.38. The fourth-order valence-corrected chi connectivity index (χ4v) is 2.67. The summed E-state index contributed by atoms with van der Waals surface area (Å²) in [6, 6.07) is 23.9. The SMILES string of the molecule is COCC(=O)Nc1cccc(NC(=O)c2ccccc2Nc2ccccc2)c1. The Morgan fingerprint density at radius 2 is 1.43 bits per heavy atom. The second-order valence-corrected chi connectivity index (χ2v) is 6.05. The summed E-state index contributed by atoms with van der Waals surface area (Å²) in [6.45, 7) is -0.0326. The first-order valence-corrected chi connectivity index (χ1v) is 8.77. The normalized spacial score (nSPS) is 10.2. The molecule has 3 N–H and O–H groups in total. The minimum atomic E-state index is -0.261. The Bertz CT molecular complexity index is 958. The fourth-order valence-electron chi connectivity index (χ4n) is 2.67. The summed E-state index contributed by atoms with van der Waals surface area (Å²) in [4.78, 5) is 24.5. The van der Waals surface area contributed by atoms with Gasteiger partial charge in [0.1, 0.15) is 6.61 Å². The summed E-state index contributed by atoms with van der Waals surface area (Å²) in [7, 11) is 1.46. The van der Waals surface area contributed by atoms with Gasteiger partial charge in [-0.05, 0) is 42.5 Å². The lowest BCUT2D eigenvalue weighted by Crippen LogP contribution is -2.17. The van der Waals surface area contributed by atoms with E-state index in [0.29, 0.717) is 22.6 Å². The fraction of sp³-hybridized carbons (Fsp3) is 0.0909. The molecule has 0 saturated heterocycles. The number of ether oxygens (including phenoxy) is 1. The van der Waals surface area contributed by atoms with Gasteiger partial charge in [0.05, 0.1) is 11.3 Å². The van der Waals surface area contributed by atoms with Crippen molar-refractivity contribution in [3.63, 3.8) is 0 Å². The van der Waals surface area contributed by atoms with Gasteiger partial charge in [-0.2, -0.15) is 0 Å². The molecule has 0 saturated carbocycles. The highest BCUT2D eigenvalue weighted by atomic mass is 16.5. The van der Waals surface area contributed by atoms with E-state index in [1.54, 1.807) is 30.3 Å². The molecule has 28 heavy (non-hydrogen) atoms. The van der Waals surface area contributed by atoms with Crippen LogP contribution in [0.4, 0.5) is 22.7 Å². The number of carbonyl (C=O) groups excluding carboxylic acids is 2. The standard InChI is InChI=1S/C22H21N3O3/c1-28-15-21(26)24-17-10-7-11-18(14-17)25-22(27)19-12-5-6-13-20(19)23-16-8-3-2-4-9-16/h2-14,23H,15H2,1H3,(H,24,26)(H,25,27). The van der Waals surface area contributed by atoms with Crippen LogP contribution in [0.1, 0.15) is 10.4 Å². The summed E-state index contributed by atoms with van der Waals surface area (Å²) in [5, 5.41) is 8.84. The summed E-state index contributed by atoms with van der Waals surface area (Å²) in [5.41, 5.74) is 3.27. The number of nitrogens with one attached hydrogen (secondary N) is 3. The van der Waals surface area contributed by atoms with Crippen molar-refractivity contribution < 1.29 is 14.3 Å². The van der Waals surface area contributed by atoms with Crippen molar-refractivity contribution in [3.8, 4) is 0 Å². The zero-order valence-electron chi connectivity index (χ0n) is 15.4. The smallest absolute Gasteiger partial charge is 0.257 e. The lowest BCUT2D eigenvalue weighted by molar-refractivity contribution is -0.119. The van der Waals surface area contributed by atoms with Crippen molar-refractivity contribution in [1.29, 1.82) is 0 Å². The molecule has 3 aromatic rings. The minimum absolute atomic E-state index is 0.0326. The molecule has 0 bridgehead atoms. The van der Waals surface area contributed by atoms with Crippen LogP contribution in [0.2, 0.25) is 0 Å². The quantitative estimate of drug-likeness (QED) is 0.576. The van der Waals surface area contributed by atoms with Gasteiger partial charge >= 0.3 is 0 Å². The summed E-state index contributed by atoms with van der Waals surface area (Å²) in [6.07, 6.45) is 0. The summed E-state index contributed by atoms with van der Waals surface area (Å²) < 4.78 is 4.80. The highest BCUT2D eigenvalue weighted by Gasteiger charge is 2.12. The molecule has 0 aromatic heterocycles. The van der Waals surface area contributed by atoms with Crippen molar-refractivity contribution in [1.82, 2.24) is 0 Å². The largest absolute Gasteiger partial charge is 0.375 e. The summed E-state index contributed by atoms with van der Waals surface area (Å²) >= 11 is 0. The number of hydrogen-bond donors (Lipinski definition) is 3. The van der Waals surface area contributed by atoms with Gasteiger partial charge in [-0.3, -0.25) is 9.59 Å². The van der Waals surface area contributed by atoms with Crippen LogP contribution < -0.4 is 16.0 Å². The predicted octanol–water partition coefficient (Wildman–Crippen LogP) is 4.27. The molecule has 3 rings (SSSR count). The van der Waals surface area contributed by atoms with E-state index in [1.807, 2.05) is 48.5 Å². The van der Waals surface area contributed by atoms with Crippen molar-refractivity contribution in [2.45, 2.75) is 0 Å². The van der Waals surface area contributed by atoms with Gasteiger partial charge in [0.15, 0.2) is 0 Å². The Morgan fingerprint density at radius 1 is 0.786 bits per heavy atom. The van der Waals surface area contributed by atoms with Crippen molar-refractivity contribution in [2.24, 2.45) is 0 Å². The van der Waals surface area contributed by atoms with E-state index in [-0.39, 0.29) is 18.4 Å². The first kappa shape index (κ1) is 19.1. The number of benzene rings is 3. The van der Waals surface area contributed by atoms with E-state index >= 15 is 0 Å². The maximum atomic E-state index is 12.8. The molecule has 6 heteroatoms. The molecule has 3 aromatic carbocycles. The van der Waals surface area contributed by atoms with E-state index in [2.05, 4.69) is 16.0 Å². The zero-order chi connectivity index (χ0) is 19.8. The van der Waals surface area contributed by atoms with Gasteiger partial charge in [0.25, 0.3) is 5.91 Å². The van der Waals surface area contributed by atoms with Gasteiger partial charge in [-0.15, -0.1) is 0 Å². The number of para-hydroxylation sites is 2. The molecule has 6 nitrogen and oxygen atoms in total. The van der Waals surface area contributed by atoms with Crippen LogP contribution >= 0.6 is 0 Å². The van der Waals surface area contributed by atoms with Crippen molar-refractivity contribution in [3.05, 3.63) is 84.4 Å². The molecule has 0 atom stereocenters. The lowest BCUT2D eigenvalue weighted by atomic mass is 10.1. The van der Waals surface area contributed by atoms with E-state index in [4.69, 9.17) is 4.74 Å². The number of carbonyl (C=O) groups is 2. The van der Waals surface area contributed by atoms with Crippen molar-refractivity contribution in [2.75, 3.05) is 29.7 Å². The van der Waals surface area contributed by atoms with E-state index in [9.17, 15) is 9.59 Å². The molecule has 0 radical (unpaired) electrons. The molecule has 0 spiro atoms. The van der Waals surface area contributed by atoms with Crippen LogP contribution in [0.15, 0.2) is 78.9 Å². The molecule has 0 heterocycles. The van der Waals surface area contributed by atoms with Gasteiger partial charge in [-0.1, -0.05) is 36.4 Å². The third-order valence-corrected chi connectivity index (χ3v) is 3.90. The molecule has 0 aliphatic rings. The highest BCUT2D eigenvalue weighted by molar-refractivity contribution is 6.08. The predicted molar refractivity (Wildman–Crippen MR) is 111 cm³/mol. The number of hydrogen-bond acceptors (Lipinski definition) is 4. The van der Waals surface area contributed by atoms with E-state index in [0.717, 1.165) is 5.69 Å². The second-order valence-electron chi connectivity index (χ2n) is 6.05.